The number of hydrogen-bond donors (Lipinski definition) is 1. The molecule has 3 atom stereocenters. The summed E-state index contributed by atoms with van der Waals surface area (Å²) in [4.78, 5) is 0. The lowest BCUT2D eigenvalue weighted by molar-refractivity contribution is 0.0461. The molecule has 1 fully saturated rings. The Morgan fingerprint density at radius 3 is 2.71 bits per heavy atom. The van der Waals surface area contributed by atoms with Gasteiger partial charge in [0.05, 0.1) is 6.10 Å². The highest BCUT2D eigenvalue weighted by atomic mass is 32.2. The Hall–Kier alpha value is 0.310. The molecule has 1 aliphatic rings. The van der Waals surface area contributed by atoms with Gasteiger partial charge in [0, 0.05) is 0 Å². The second-order valence-electron chi connectivity index (χ2n) is 4.40. The minimum atomic E-state index is -0.00439. The van der Waals surface area contributed by atoms with Gasteiger partial charge >= 0.3 is 0 Å². The third-order valence-corrected chi connectivity index (χ3v) is 4.40. The van der Waals surface area contributed by atoms with Crippen molar-refractivity contribution in [2.24, 2.45) is 11.8 Å². The van der Waals surface area contributed by atoms with E-state index in [1.807, 2.05) is 11.8 Å². The van der Waals surface area contributed by atoms with Crippen LogP contribution in [0.3, 0.4) is 0 Å². The van der Waals surface area contributed by atoms with Crippen molar-refractivity contribution in [3.05, 3.63) is 0 Å². The minimum absolute atomic E-state index is 0.00439. The molecule has 0 spiro atoms. The van der Waals surface area contributed by atoms with E-state index in [1.165, 1.54) is 37.2 Å². The first kappa shape index (κ1) is 12.4. The average Bonchev–Trinajstić information content (AvgIpc) is 2.21. The average molecular weight is 216 g/mol. The molecular weight excluding hydrogens is 192 g/mol. The minimum Gasteiger partial charge on any atom is -0.393 e. The van der Waals surface area contributed by atoms with Crippen molar-refractivity contribution in [2.45, 2.75) is 52.1 Å². The Bertz CT molecular complexity index is 149. The van der Waals surface area contributed by atoms with Crippen LogP contribution >= 0.6 is 11.8 Å². The molecule has 1 rings (SSSR count). The maximum atomic E-state index is 9.87. The highest BCUT2D eigenvalue weighted by Crippen LogP contribution is 2.33. The van der Waals surface area contributed by atoms with E-state index in [2.05, 4.69) is 13.8 Å². The molecule has 0 saturated heterocycles. The van der Waals surface area contributed by atoms with Crippen LogP contribution in [0, 0.1) is 11.8 Å². The van der Waals surface area contributed by atoms with Crippen LogP contribution in [0.25, 0.3) is 0 Å². The fourth-order valence-corrected chi connectivity index (χ4v) is 3.16. The Kier molecular flexibility index (Phi) is 5.95. The van der Waals surface area contributed by atoms with Gasteiger partial charge in [-0.1, -0.05) is 20.3 Å². The summed E-state index contributed by atoms with van der Waals surface area (Å²) >= 11 is 2.00. The number of rotatable bonds is 5. The third kappa shape index (κ3) is 3.82. The fourth-order valence-electron chi connectivity index (χ4n) is 2.41. The molecule has 0 bridgehead atoms. The molecule has 1 saturated carbocycles. The molecule has 0 aromatic carbocycles. The molecule has 0 amide bonds. The van der Waals surface area contributed by atoms with Gasteiger partial charge in [-0.2, -0.15) is 11.8 Å². The standard InChI is InChI=1S/C12H24OS/c1-3-10-5-6-12(13)11(9-10)7-8-14-4-2/h10-13H,3-9H2,1-2H3. The molecule has 1 nitrogen and oxygen atoms in total. The summed E-state index contributed by atoms with van der Waals surface area (Å²) in [6.45, 7) is 4.48. The predicted molar refractivity (Wildman–Crippen MR) is 64.7 cm³/mol. The normalized spacial score (nSPS) is 33.2. The molecule has 0 aliphatic heterocycles. The van der Waals surface area contributed by atoms with Crippen LogP contribution in [-0.4, -0.2) is 22.7 Å². The molecule has 0 radical (unpaired) electrons. The van der Waals surface area contributed by atoms with Gasteiger partial charge in [-0.15, -0.1) is 0 Å². The van der Waals surface area contributed by atoms with E-state index < -0.39 is 0 Å². The molecular formula is C12H24OS. The summed E-state index contributed by atoms with van der Waals surface area (Å²) in [5, 5.41) is 9.87. The van der Waals surface area contributed by atoms with E-state index in [0.29, 0.717) is 5.92 Å². The van der Waals surface area contributed by atoms with Crippen molar-refractivity contribution < 1.29 is 5.11 Å². The molecule has 0 aromatic heterocycles. The van der Waals surface area contributed by atoms with Crippen molar-refractivity contribution in [3.8, 4) is 0 Å². The first-order valence-corrected chi connectivity index (χ1v) is 7.19. The fraction of sp³-hybridized carbons (Fsp3) is 1.00. The Morgan fingerprint density at radius 1 is 1.29 bits per heavy atom. The van der Waals surface area contributed by atoms with E-state index in [4.69, 9.17) is 0 Å². The second kappa shape index (κ2) is 6.73. The lowest BCUT2D eigenvalue weighted by Gasteiger charge is -2.32. The van der Waals surface area contributed by atoms with E-state index in [1.54, 1.807) is 0 Å². The molecule has 84 valence electrons. The van der Waals surface area contributed by atoms with Gasteiger partial charge in [0.2, 0.25) is 0 Å². The van der Waals surface area contributed by atoms with Gasteiger partial charge in [0.25, 0.3) is 0 Å². The van der Waals surface area contributed by atoms with Gasteiger partial charge in [-0.3, -0.25) is 0 Å². The van der Waals surface area contributed by atoms with Crippen molar-refractivity contribution in [2.75, 3.05) is 11.5 Å². The summed E-state index contributed by atoms with van der Waals surface area (Å²) in [6.07, 6.45) is 6.06. The Morgan fingerprint density at radius 2 is 2.07 bits per heavy atom. The zero-order valence-corrected chi connectivity index (χ0v) is 10.4. The smallest absolute Gasteiger partial charge is 0.0568 e. The van der Waals surface area contributed by atoms with Gasteiger partial charge < -0.3 is 5.11 Å². The first-order valence-electron chi connectivity index (χ1n) is 6.03. The maximum absolute atomic E-state index is 9.87. The van der Waals surface area contributed by atoms with Crippen LogP contribution in [0.5, 0.6) is 0 Å². The van der Waals surface area contributed by atoms with Gasteiger partial charge in [0.1, 0.15) is 0 Å². The molecule has 0 aromatic rings. The summed E-state index contributed by atoms with van der Waals surface area (Å²) in [5.41, 5.74) is 0. The summed E-state index contributed by atoms with van der Waals surface area (Å²) in [7, 11) is 0. The van der Waals surface area contributed by atoms with Crippen LogP contribution in [0.4, 0.5) is 0 Å². The van der Waals surface area contributed by atoms with E-state index in [9.17, 15) is 5.11 Å². The monoisotopic (exact) mass is 216 g/mol. The predicted octanol–water partition coefficient (Wildman–Crippen LogP) is 3.32. The van der Waals surface area contributed by atoms with Crippen molar-refractivity contribution in [1.29, 1.82) is 0 Å². The molecule has 2 heteroatoms. The topological polar surface area (TPSA) is 20.2 Å². The van der Waals surface area contributed by atoms with Gasteiger partial charge in [-0.05, 0) is 49.0 Å². The number of hydrogen-bond acceptors (Lipinski definition) is 2. The quantitative estimate of drug-likeness (QED) is 0.711. The van der Waals surface area contributed by atoms with Crippen LogP contribution in [0.1, 0.15) is 46.0 Å². The molecule has 14 heavy (non-hydrogen) atoms. The van der Waals surface area contributed by atoms with Crippen LogP contribution in [0.2, 0.25) is 0 Å². The van der Waals surface area contributed by atoms with Crippen molar-refractivity contribution in [1.82, 2.24) is 0 Å². The third-order valence-electron chi connectivity index (χ3n) is 3.47. The SMILES string of the molecule is CCSCCC1CC(CC)CCC1O. The summed E-state index contributed by atoms with van der Waals surface area (Å²) in [6, 6.07) is 0. The first-order chi connectivity index (χ1) is 6.77. The van der Waals surface area contributed by atoms with Crippen molar-refractivity contribution in [3.63, 3.8) is 0 Å². The Labute approximate surface area is 92.7 Å². The molecule has 1 aliphatic carbocycles. The molecule has 3 unspecified atom stereocenters. The van der Waals surface area contributed by atoms with Crippen LogP contribution < -0.4 is 0 Å². The largest absolute Gasteiger partial charge is 0.393 e. The van der Waals surface area contributed by atoms with E-state index in [0.717, 1.165) is 12.3 Å². The zero-order valence-electron chi connectivity index (χ0n) is 9.54. The number of aliphatic hydroxyl groups excluding tert-OH is 1. The molecule has 0 heterocycles. The van der Waals surface area contributed by atoms with Crippen LogP contribution in [-0.2, 0) is 0 Å². The molecule has 1 N–H and O–H groups in total. The lowest BCUT2D eigenvalue weighted by atomic mass is 9.77. The number of aliphatic hydroxyl groups is 1. The highest BCUT2D eigenvalue weighted by Gasteiger charge is 2.27. The Balaban J connectivity index is 2.25. The summed E-state index contributed by atoms with van der Waals surface area (Å²) in [5.74, 6) is 3.91. The lowest BCUT2D eigenvalue weighted by Crippen LogP contribution is -2.29. The van der Waals surface area contributed by atoms with Gasteiger partial charge in [-0.25, -0.2) is 0 Å². The van der Waals surface area contributed by atoms with E-state index in [-0.39, 0.29) is 6.10 Å². The second-order valence-corrected chi connectivity index (χ2v) is 5.79. The number of thioether (sulfide) groups is 1. The zero-order chi connectivity index (χ0) is 10.4. The van der Waals surface area contributed by atoms with E-state index >= 15 is 0 Å². The maximum Gasteiger partial charge on any atom is 0.0568 e. The van der Waals surface area contributed by atoms with Gasteiger partial charge in [0.15, 0.2) is 0 Å². The van der Waals surface area contributed by atoms with Crippen LogP contribution in [0.15, 0.2) is 0 Å². The highest BCUT2D eigenvalue weighted by molar-refractivity contribution is 7.99. The summed E-state index contributed by atoms with van der Waals surface area (Å²) < 4.78 is 0. The van der Waals surface area contributed by atoms with Crippen molar-refractivity contribution >= 4 is 11.8 Å².